The van der Waals surface area contributed by atoms with E-state index in [0.29, 0.717) is 0 Å². The number of nitro groups is 1. The van der Waals surface area contributed by atoms with E-state index in [-0.39, 0.29) is 22.6 Å². The van der Waals surface area contributed by atoms with E-state index in [2.05, 4.69) is 17.0 Å². The van der Waals surface area contributed by atoms with E-state index in [1.165, 1.54) is 5.56 Å². The molecule has 2 aromatic carbocycles. The maximum absolute atomic E-state index is 11.0. The lowest BCUT2D eigenvalue weighted by molar-refractivity contribution is -0.384. The van der Waals surface area contributed by atoms with Crippen molar-refractivity contribution in [3.8, 4) is 5.75 Å². The molecular formula is C22H28N2O4. The maximum Gasteiger partial charge on any atom is 0.269 e. The van der Waals surface area contributed by atoms with Crippen LogP contribution < -0.4 is 9.64 Å². The number of anilines is 1. The molecule has 0 saturated carbocycles. The predicted octanol–water partition coefficient (Wildman–Crippen LogP) is 4.20. The monoisotopic (exact) mass is 384 g/mol. The number of methoxy groups -OCH3 is 1. The van der Waals surface area contributed by atoms with Crippen LogP contribution in [0.25, 0.3) is 0 Å². The van der Waals surface area contributed by atoms with Crippen molar-refractivity contribution in [2.75, 3.05) is 18.6 Å². The Morgan fingerprint density at radius 3 is 2.36 bits per heavy atom. The maximum atomic E-state index is 11.0. The largest absolute Gasteiger partial charge is 0.497 e. The fraction of sp³-hybridized carbons (Fsp3) is 0.455. The summed E-state index contributed by atoms with van der Waals surface area (Å²) >= 11 is 0. The normalized spacial score (nSPS) is 20.1. The van der Waals surface area contributed by atoms with Crippen LogP contribution in [0.1, 0.15) is 32.3 Å². The first kappa shape index (κ1) is 20.1. The standard InChI is InChI=1S/C22H28N2O4/c1-22(2,25)20-5-4-14-23(17-8-10-18(11-9-17)24(26)27)21(20)15-16-6-12-19(28-3)13-7-16/h6-13,20-21,25H,4-5,14-15H2,1-3H3. The van der Waals surface area contributed by atoms with Crippen LogP contribution >= 0.6 is 0 Å². The van der Waals surface area contributed by atoms with E-state index in [1.807, 2.05) is 38.1 Å². The zero-order valence-corrected chi connectivity index (χ0v) is 16.7. The van der Waals surface area contributed by atoms with Crippen molar-refractivity contribution in [1.82, 2.24) is 0 Å². The zero-order chi connectivity index (χ0) is 20.3. The third kappa shape index (κ3) is 4.44. The van der Waals surface area contributed by atoms with E-state index in [4.69, 9.17) is 4.74 Å². The van der Waals surface area contributed by atoms with Gasteiger partial charge in [0.05, 0.1) is 17.6 Å². The number of non-ortho nitro benzene ring substituents is 1. The summed E-state index contributed by atoms with van der Waals surface area (Å²) < 4.78 is 5.25. The van der Waals surface area contributed by atoms with Crippen molar-refractivity contribution < 1.29 is 14.8 Å². The van der Waals surface area contributed by atoms with Crippen molar-refractivity contribution >= 4 is 11.4 Å². The summed E-state index contributed by atoms with van der Waals surface area (Å²) in [5.74, 6) is 0.914. The van der Waals surface area contributed by atoms with Gasteiger partial charge in [0.15, 0.2) is 0 Å². The van der Waals surface area contributed by atoms with Crippen molar-refractivity contribution in [1.29, 1.82) is 0 Å². The van der Waals surface area contributed by atoms with E-state index >= 15 is 0 Å². The molecule has 2 aromatic rings. The highest BCUT2D eigenvalue weighted by Gasteiger charge is 2.39. The van der Waals surface area contributed by atoms with Gasteiger partial charge in [0.1, 0.15) is 5.75 Å². The Bertz CT molecular complexity index is 797. The Morgan fingerprint density at radius 2 is 1.82 bits per heavy atom. The van der Waals surface area contributed by atoms with Crippen LogP contribution in [0.3, 0.4) is 0 Å². The molecule has 2 unspecified atom stereocenters. The van der Waals surface area contributed by atoms with Crippen LogP contribution in [-0.4, -0.2) is 35.3 Å². The van der Waals surface area contributed by atoms with Crippen molar-refractivity contribution in [3.63, 3.8) is 0 Å². The molecule has 0 spiro atoms. The molecule has 150 valence electrons. The molecule has 0 bridgehead atoms. The number of piperidine rings is 1. The van der Waals surface area contributed by atoms with Gasteiger partial charge in [-0.25, -0.2) is 0 Å². The first-order chi connectivity index (χ1) is 13.3. The Morgan fingerprint density at radius 1 is 1.18 bits per heavy atom. The first-order valence-corrected chi connectivity index (χ1v) is 9.66. The molecule has 0 radical (unpaired) electrons. The van der Waals surface area contributed by atoms with Gasteiger partial charge in [-0.1, -0.05) is 12.1 Å². The van der Waals surface area contributed by atoms with Gasteiger partial charge in [-0.15, -0.1) is 0 Å². The van der Waals surface area contributed by atoms with Crippen molar-refractivity contribution in [2.45, 2.75) is 44.8 Å². The number of nitro benzene ring substituents is 1. The van der Waals surface area contributed by atoms with Crippen LogP contribution in [0.5, 0.6) is 5.75 Å². The van der Waals surface area contributed by atoms with E-state index in [0.717, 1.165) is 37.2 Å². The third-order valence-electron chi connectivity index (χ3n) is 5.68. The van der Waals surface area contributed by atoms with Crippen molar-refractivity contribution in [2.24, 2.45) is 5.92 Å². The summed E-state index contributed by atoms with van der Waals surface area (Å²) in [6.07, 6.45) is 2.72. The molecule has 1 N–H and O–H groups in total. The van der Waals surface area contributed by atoms with Crippen LogP contribution in [0, 0.1) is 16.0 Å². The predicted molar refractivity (Wildman–Crippen MR) is 110 cm³/mol. The Kier molecular flexibility index (Phi) is 5.89. The number of benzene rings is 2. The number of hydrogen-bond acceptors (Lipinski definition) is 5. The lowest BCUT2D eigenvalue weighted by Gasteiger charge is -2.47. The van der Waals surface area contributed by atoms with Gasteiger partial charge in [0, 0.05) is 36.3 Å². The minimum Gasteiger partial charge on any atom is -0.497 e. The topological polar surface area (TPSA) is 75.8 Å². The summed E-state index contributed by atoms with van der Waals surface area (Å²) in [6.45, 7) is 4.61. The molecule has 1 aliphatic heterocycles. The average Bonchev–Trinajstić information content (AvgIpc) is 2.68. The Balaban J connectivity index is 1.92. The van der Waals surface area contributed by atoms with Crippen LogP contribution in [-0.2, 0) is 6.42 Å². The second-order valence-corrected chi connectivity index (χ2v) is 7.99. The summed E-state index contributed by atoms with van der Waals surface area (Å²) in [6, 6.07) is 14.8. The molecule has 0 amide bonds. The SMILES string of the molecule is COc1ccc(CC2C(C(C)(C)O)CCCN2c2ccc([N+](=O)[O-])cc2)cc1. The van der Waals surface area contributed by atoms with Gasteiger partial charge in [-0.05, 0) is 62.9 Å². The Labute approximate surface area is 165 Å². The summed E-state index contributed by atoms with van der Waals surface area (Å²) in [7, 11) is 1.65. The second kappa shape index (κ2) is 8.19. The quantitative estimate of drug-likeness (QED) is 0.597. The number of ether oxygens (including phenoxy) is 1. The molecule has 6 heteroatoms. The van der Waals surface area contributed by atoms with E-state index < -0.39 is 5.60 Å². The smallest absolute Gasteiger partial charge is 0.269 e. The number of hydrogen-bond donors (Lipinski definition) is 1. The number of nitrogens with zero attached hydrogens (tertiary/aromatic N) is 2. The molecule has 0 aliphatic carbocycles. The van der Waals surface area contributed by atoms with Gasteiger partial charge in [0.25, 0.3) is 5.69 Å². The van der Waals surface area contributed by atoms with E-state index in [1.54, 1.807) is 19.2 Å². The second-order valence-electron chi connectivity index (χ2n) is 7.99. The van der Waals surface area contributed by atoms with Crippen LogP contribution in [0.15, 0.2) is 48.5 Å². The summed E-state index contributed by atoms with van der Waals surface area (Å²) in [4.78, 5) is 12.9. The fourth-order valence-corrected chi connectivity index (χ4v) is 4.22. The molecule has 6 nitrogen and oxygen atoms in total. The number of rotatable bonds is 6. The van der Waals surface area contributed by atoms with Gasteiger partial charge >= 0.3 is 0 Å². The molecule has 2 atom stereocenters. The molecular weight excluding hydrogens is 356 g/mol. The summed E-state index contributed by atoms with van der Waals surface area (Å²) in [5.41, 5.74) is 1.41. The van der Waals surface area contributed by atoms with Gasteiger partial charge in [0.2, 0.25) is 0 Å². The zero-order valence-electron chi connectivity index (χ0n) is 16.7. The van der Waals surface area contributed by atoms with Crippen LogP contribution in [0.4, 0.5) is 11.4 Å². The number of aliphatic hydroxyl groups is 1. The Hall–Kier alpha value is -2.60. The third-order valence-corrected chi connectivity index (χ3v) is 5.68. The van der Waals surface area contributed by atoms with Gasteiger partial charge in [-0.3, -0.25) is 10.1 Å². The molecule has 28 heavy (non-hydrogen) atoms. The fourth-order valence-electron chi connectivity index (χ4n) is 4.22. The van der Waals surface area contributed by atoms with Crippen molar-refractivity contribution in [3.05, 3.63) is 64.2 Å². The van der Waals surface area contributed by atoms with Gasteiger partial charge < -0.3 is 14.7 Å². The highest BCUT2D eigenvalue weighted by Crippen LogP contribution is 2.37. The molecule has 1 heterocycles. The molecule has 0 aromatic heterocycles. The minimum absolute atomic E-state index is 0.0894. The summed E-state index contributed by atoms with van der Waals surface area (Å²) in [5, 5.41) is 21.8. The first-order valence-electron chi connectivity index (χ1n) is 9.66. The van der Waals surface area contributed by atoms with Crippen LogP contribution in [0.2, 0.25) is 0 Å². The molecule has 3 rings (SSSR count). The lowest BCUT2D eigenvalue weighted by Crippen LogP contribution is -2.53. The molecule has 1 fully saturated rings. The highest BCUT2D eigenvalue weighted by atomic mass is 16.6. The van der Waals surface area contributed by atoms with Gasteiger partial charge in [-0.2, -0.15) is 0 Å². The molecule has 1 saturated heterocycles. The molecule has 1 aliphatic rings. The average molecular weight is 384 g/mol. The highest BCUT2D eigenvalue weighted by molar-refractivity contribution is 5.52. The lowest BCUT2D eigenvalue weighted by atomic mass is 9.75. The van der Waals surface area contributed by atoms with E-state index in [9.17, 15) is 15.2 Å². The minimum atomic E-state index is -0.809.